The Labute approximate surface area is 118 Å². The number of rotatable bonds is 2. The minimum absolute atomic E-state index is 0. The number of likely N-dealkylation sites (N-methyl/N-ethyl adjacent to an activating group) is 1. The number of quaternary nitrogens is 1. The quantitative estimate of drug-likeness (QED) is 0.381. The van der Waals surface area contributed by atoms with E-state index in [9.17, 15) is 0 Å². The van der Waals surface area contributed by atoms with E-state index >= 15 is 0 Å². The zero-order valence-electron chi connectivity index (χ0n) is 7.15. The maximum absolute atomic E-state index is 8.39. The molecule has 0 heterocycles. The van der Waals surface area contributed by atoms with Gasteiger partial charge in [0.1, 0.15) is 6.54 Å². The Morgan fingerprint density at radius 2 is 1.27 bits per heavy atom. The van der Waals surface area contributed by atoms with Crippen LogP contribution in [0.4, 0.5) is 0 Å². The van der Waals surface area contributed by atoms with E-state index in [4.69, 9.17) is 5.11 Å². The Balaban J connectivity index is -0.0000000300. The number of halogens is 3. The third-order valence-corrected chi connectivity index (χ3v) is 0.771. The minimum atomic E-state index is 0. The SMILES string of the molecule is C[N+](C)(C)CCO.[Ca+2].[Cl-].[Cl-].[Cl-]. The molecule has 0 spiro atoms. The van der Waals surface area contributed by atoms with Gasteiger partial charge >= 0.3 is 37.7 Å². The molecule has 0 aliphatic heterocycles. The average molecular weight is 251 g/mol. The van der Waals surface area contributed by atoms with Gasteiger partial charge in [0.2, 0.25) is 0 Å². The fourth-order valence-electron chi connectivity index (χ4n) is 0.300. The average Bonchev–Trinajstić information content (AvgIpc) is 1.30. The molecule has 0 radical (unpaired) electrons. The molecule has 0 saturated heterocycles. The molecule has 0 aromatic heterocycles. The van der Waals surface area contributed by atoms with Gasteiger partial charge in [-0.1, -0.05) is 0 Å². The summed E-state index contributed by atoms with van der Waals surface area (Å²) in [5.41, 5.74) is 0. The van der Waals surface area contributed by atoms with Crippen molar-refractivity contribution in [2.45, 2.75) is 0 Å². The van der Waals surface area contributed by atoms with Gasteiger partial charge in [-0.3, -0.25) is 0 Å². The topological polar surface area (TPSA) is 20.2 Å². The second kappa shape index (κ2) is 14.6. The van der Waals surface area contributed by atoms with Crippen molar-refractivity contribution in [3.63, 3.8) is 0 Å². The Kier molecular flexibility index (Phi) is 38.7. The summed E-state index contributed by atoms with van der Waals surface area (Å²) in [5.74, 6) is 0. The first-order valence-electron chi connectivity index (χ1n) is 2.47. The number of aliphatic hydroxyl groups excluding tert-OH is 1. The van der Waals surface area contributed by atoms with Gasteiger partial charge in [0.05, 0.1) is 27.7 Å². The van der Waals surface area contributed by atoms with Gasteiger partial charge in [0.15, 0.2) is 0 Å². The summed E-state index contributed by atoms with van der Waals surface area (Å²) in [6, 6.07) is 0. The second-order valence-electron chi connectivity index (χ2n) is 2.74. The van der Waals surface area contributed by atoms with Gasteiger partial charge in [0.25, 0.3) is 0 Å². The smallest absolute Gasteiger partial charge is 1.00 e. The molecule has 0 rings (SSSR count). The van der Waals surface area contributed by atoms with Gasteiger partial charge in [-0.05, 0) is 0 Å². The summed E-state index contributed by atoms with van der Waals surface area (Å²) >= 11 is 0. The van der Waals surface area contributed by atoms with E-state index in [2.05, 4.69) is 21.1 Å². The molecule has 0 bridgehead atoms. The molecule has 0 aromatic carbocycles. The number of hydrogen-bond donors (Lipinski definition) is 1. The van der Waals surface area contributed by atoms with Gasteiger partial charge in [-0.25, -0.2) is 0 Å². The first kappa shape index (κ1) is 29.2. The molecule has 6 heteroatoms. The standard InChI is InChI=1S/C5H14NO.Ca.3ClH/c1-6(2,3)4-5-7;;;;/h7H,4-5H2,1-3H3;;3*1H/q+1;+2;;;/p-3. The third kappa shape index (κ3) is 33.3. The molecule has 0 amide bonds. The summed E-state index contributed by atoms with van der Waals surface area (Å²) in [7, 11) is 6.16. The first-order chi connectivity index (χ1) is 3.06. The Morgan fingerprint density at radius 3 is 1.27 bits per heavy atom. The third-order valence-electron chi connectivity index (χ3n) is 0.771. The van der Waals surface area contributed by atoms with Crippen molar-refractivity contribution in [1.29, 1.82) is 0 Å². The van der Waals surface area contributed by atoms with E-state index in [0.717, 1.165) is 11.0 Å². The van der Waals surface area contributed by atoms with Crippen molar-refractivity contribution in [2.24, 2.45) is 0 Å². The van der Waals surface area contributed by atoms with Crippen LogP contribution in [0.2, 0.25) is 0 Å². The summed E-state index contributed by atoms with van der Waals surface area (Å²) in [6.45, 7) is 1.11. The molecule has 0 unspecified atom stereocenters. The fourth-order valence-corrected chi connectivity index (χ4v) is 0.300. The van der Waals surface area contributed by atoms with Crippen molar-refractivity contribution < 1.29 is 46.8 Å². The van der Waals surface area contributed by atoms with Gasteiger partial charge < -0.3 is 46.8 Å². The predicted molar refractivity (Wildman–Crippen MR) is 35.7 cm³/mol. The Hall–Kier alpha value is 2.05. The molecule has 0 aliphatic carbocycles. The van der Waals surface area contributed by atoms with Crippen molar-refractivity contribution in [1.82, 2.24) is 0 Å². The van der Waals surface area contributed by atoms with Gasteiger partial charge in [-0.2, -0.15) is 0 Å². The molecule has 0 atom stereocenters. The first-order valence-corrected chi connectivity index (χ1v) is 2.47. The van der Waals surface area contributed by atoms with Crippen LogP contribution in [0.5, 0.6) is 0 Å². The molecular weight excluding hydrogens is 236 g/mol. The van der Waals surface area contributed by atoms with Crippen molar-refractivity contribution in [3.8, 4) is 0 Å². The van der Waals surface area contributed by atoms with E-state index in [1.807, 2.05) is 0 Å². The Morgan fingerprint density at radius 1 is 1.00 bits per heavy atom. The van der Waals surface area contributed by atoms with Crippen LogP contribution in [0, 0.1) is 0 Å². The summed E-state index contributed by atoms with van der Waals surface area (Å²) in [5, 5.41) is 8.39. The molecule has 2 nitrogen and oxygen atoms in total. The monoisotopic (exact) mass is 249 g/mol. The van der Waals surface area contributed by atoms with Crippen molar-refractivity contribution in [3.05, 3.63) is 0 Å². The number of hydrogen-bond acceptors (Lipinski definition) is 1. The van der Waals surface area contributed by atoms with Crippen LogP contribution in [-0.4, -0.2) is 81.6 Å². The van der Waals surface area contributed by atoms with Crippen LogP contribution in [0.3, 0.4) is 0 Å². The van der Waals surface area contributed by atoms with Crippen LogP contribution in [-0.2, 0) is 0 Å². The maximum Gasteiger partial charge on any atom is 2.00 e. The summed E-state index contributed by atoms with van der Waals surface area (Å²) < 4.78 is 0.844. The van der Waals surface area contributed by atoms with Gasteiger partial charge in [-0.15, -0.1) is 0 Å². The number of nitrogens with zero attached hydrogens (tertiary/aromatic N) is 1. The molecule has 0 saturated carbocycles. The molecule has 68 valence electrons. The van der Waals surface area contributed by atoms with Crippen LogP contribution in [0.15, 0.2) is 0 Å². The van der Waals surface area contributed by atoms with E-state index in [1.165, 1.54) is 0 Å². The molecule has 0 aliphatic rings. The predicted octanol–water partition coefficient (Wildman–Crippen LogP) is -9.68. The van der Waals surface area contributed by atoms with Crippen LogP contribution < -0.4 is 37.2 Å². The molecule has 1 N–H and O–H groups in total. The molecular formula is C5H14CaCl3NO. The van der Waals surface area contributed by atoms with E-state index < -0.39 is 0 Å². The maximum atomic E-state index is 8.39. The van der Waals surface area contributed by atoms with Crippen LogP contribution >= 0.6 is 0 Å². The molecule has 11 heavy (non-hydrogen) atoms. The van der Waals surface area contributed by atoms with Crippen molar-refractivity contribution in [2.75, 3.05) is 34.3 Å². The fraction of sp³-hybridized carbons (Fsp3) is 1.00. The normalized spacial score (nSPS) is 7.64. The number of aliphatic hydroxyl groups is 1. The zero-order chi connectivity index (χ0) is 5.91. The molecule has 0 aromatic rings. The molecule has 0 fully saturated rings. The Bertz CT molecular complexity index is 60.2. The van der Waals surface area contributed by atoms with E-state index in [-0.39, 0.29) is 81.6 Å². The van der Waals surface area contributed by atoms with Gasteiger partial charge in [0, 0.05) is 0 Å². The van der Waals surface area contributed by atoms with Crippen molar-refractivity contribution >= 4 is 37.7 Å². The van der Waals surface area contributed by atoms with E-state index in [1.54, 1.807) is 0 Å². The zero-order valence-corrected chi connectivity index (χ0v) is 11.6. The summed E-state index contributed by atoms with van der Waals surface area (Å²) in [6.07, 6.45) is 0. The van der Waals surface area contributed by atoms with Crippen LogP contribution in [0.25, 0.3) is 0 Å². The minimum Gasteiger partial charge on any atom is -1.00 e. The van der Waals surface area contributed by atoms with E-state index in [0.29, 0.717) is 0 Å². The van der Waals surface area contributed by atoms with Crippen LogP contribution in [0.1, 0.15) is 0 Å². The summed E-state index contributed by atoms with van der Waals surface area (Å²) in [4.78, 5) is 0. The largest absolute Gasteiger partial charge is 2.00 e. The second-order valence-corrected chi connectivity index (χ2v) is 2.74.